The standard InChI is InChI=1S/C19H26N2O3S/c1-4-20-14-17-13-18(11-12-19(17)24-3)25(22,23)21(5-2)15-16-9-7-6-8-10-16/h6-13,20H,4-5,14-15H2,1-3H3. The maximum Gasteiger partial charge on any atom is 0.243 e. The molecule has 0 fully saturated rings. The highest BCUT2D eigenvalue weighted by atomic mass is 32.2. The van der Waals surface area contributed by atoms with Crippen molar-refractivity contribution in [1.82, 2.24) is 9.62 Å². The molecule has 0 aromatic heterocycles. The van der Waals surface area contributed by atoms with E-state index in [-0.39, 0.29) is 0 Å². The Morgan fingerprint density at radius 2 is 1.80 bits per heavy atom. The number of methoxy groups -OCH3 is 1. The predicted molar refractivity (Wildman–Crippen MR) is 100 cm³/mol. The highest BCUT2D eigenvalue weighted by Gasteiger charge is 2.24. The average molecular weight is 362 g/mol. The van der Waals surface area contributed by atoms with Gasteiger partial charge >= 0.3 is 0 Å². The van der Waals surface area contributed by atoms with Crippen LogP contribution in [0.3, 0.4) is 0 Å². The number of benzene rings is 2. The molecule has 0 radical (unpaired) electrons. The SMILES string of the molecule is CCNCc1cc(S(=O)(=O)N(CC)Cc2ccccc2)ccc1OC. The quantitative estimate of drug-likeness (QED) is 0.745. The topological polar surface area (TPSA) is 58.6 Å². The number of nitrogens with one attached hydrogen (secondary N) is 1. The van der Waals surface area contributed by atoms with Crippen molar-refractivity contribution in [2.45, 2.75) is 31.8 Å². The molecule has 136 valence electrons. The highest BCUT2D eigenvalue weighted by Crippen LogP contribution is 2.25. The van der Waals surface area contributed by atoms with Gasteiger partial charge in [0.05, 0.1) is 12.0 Å². The molecule has 0 atom stereocenters. The molecule has 5 nitrogen and oxygen atoms in total. The monoisotopic (exact) mass is 362 g/mol. The molecule has 0 amide bonds. The van der Waals surface area contributed by atoms with Crippen LogP contribution in [0.1, 0.15) is 25.0 Å². The van der Waals surface area contributed by atoms with Gasteiger partial charge in [0.2, 0.25) is 10.0 Å². The fourth-order valence-electron chi connectivity index (χ4n) is 2.62. The summed E-state index contributed by atoms with van der Waals surface area (Å²) in [5.74, 6) is 0.686. The van der Waals surface area contributed by atoms with Crippen molar-refractivity contribution in [1.29, 1.82) is 0 Å². The van der Waals surface area contributed by atoms with Gasteiger partial charge in [0.1, 0.15) is 5.75 Å². The van der Waals surface area contributed by atoms with Gasteiger partial charge < -0.3 is 10.1 Å². The summed E-state index contributed by atoms with van der Waals surface area (Å²) in [5.41, 5.74) is 1.80. The van der Waals surface area contributed by atoms with Gasteiger partial charge in [-0.2, -0.15) is 4.31 Å². The van der Waals surface area contributed by atoms with E-state index in [9.17, 15) is 8.42 Å². The zero-order valence-electron chi connectivity index (χ0n) is 15.0. The maximum absolute atomic E-state index is 13.1. The largest absolute Gasteiger partial charge is 0.496 e. The molecule has 0 saturated heterocycles. The molecule has 0 unspecified atom stereocenters. The van der Waals surface area contributed by atoms with Gasteiger partial charge in [-0.25, -0.2) is 8.42 Å². The van der Waals surface area contributed by atoms with E-state index in [1.54, 1.807) is 25.3 Å². The second-order valence-corrected chi connectivity index (χ2v) is 7.61. The van der Waals surface area contributed by atoms with Crippen molar-refractivity contribution in [2.24, 2.45) is 0 Å². The van der Waals surface area contributed by atoms with Crippen molar-refractivity contribution in [2.75, 3.05) is 20.2 Å². The van der Waals surface area contributed by atoms with E-state index >= 15 is 0 Å². The fraction of sp³-hybridized carbons (Fsp3) is 0.368. The Morgan fingerprint density at radius 3 is 2.40 bits per heavy atom. The fourth-order valence-corrected chi connectivity index (χ4v) is 4.10. The zero-order chi connectivity index (χ0) is 18.3. The normalized spacial score (nSPS) is 11.7. The first kappa shape index (κ1) is 19.4. The van der Waals surface area contributed by atoms with Crippen LogP contribution in [0.4, 0.5) is 0 Å². The molecule has 0 spiro atoms. The number of rotatable bonds is 9. The van der Waals surface area contributed by atoms with E-state index in [4.69, 9.17) is 4.74 Å². The maximum atomic E-state index is 13.1. The molecule has 0 bridgehead atoms. The molecule has 0 aliphatic heterocycles. The van der Waals surface area contributed by atoms with Crippen LogP contribution in [-0.2, 0) is 23.1 Å². The molecule has 0 heterocycles. The van der Waals surface area contributed by atoms with Gasteiger partial charge in [-0.3, -0.25) is 0 Å². The lowest BCUT2D eigenvalue weighted by Crippen LogP contribution is -2.30. The molecule has 0 saturated carbocycles. The Morgan fingerprint density at radius 1 is 1.08 bits per heavy atom. The summed E-state index contributed by atoms with van der Waals surface area (Å²) in [7, 11) is -1.98. The van der Waals surface area contributed by atoms with Gasteiger partial charge in [-0.1, -0.05) is 44.2 Å². The Labute approximate surface area is 150 Å². The number of hydrogen-bond acceptors (Lipinski definition) is 4. The van der Waals surface area contributed by atoms with Gasteiger partial charge in [-0.15, -0.1) is 0 Å². The van der Waals surface area contributed by atoms with E-state index < -0.39 is 10.0 Å². The Kier molecular flexibility index (Phi) is 6.99. The highest BCUT2D eigenvalue weighted by molar-refractivity contribution is 7.89. The molecular formula is C19H26N2O3S. The number of sulfonamides is 1. The third-order valence-electron chi connectivity index (χ3n) is 4.01. The first-order valence-corrected chi connectivity index (χ1v) is 9.88. The van der Waals surface area contributed by atoms with Crippen LogP contribution < -0.4 is 10.1 Å². The summed E-state index contributed by atoms with van der Waals surface area (Å²) in [5, 5.41) is 3.21. The van der Waals surface area contributed by atoms with Crippen molar-refractivity contribution in [3.05, 3.63) is 59.7 Å². The van der Waals surface area contributed by atoms with Crippen molar-refractivity contribution in [3.63, 3.8) is 0 Å². The van der Waals surface area contributed by atoms with Crippen LogP contribution in [0.5, 0.6) is 5.75 Å². The number of ether oxygens (including phenoxy) is 1. The first-order valence-electron chi connectivity index (χ1n) is 8.44. The van der Waals surface area contributed by atoms with Crippen molar-refractivity contribution < 1.29 is 13.2 Å². The third-order valence-corrected chi connectivity index (χ3v) is 5.93. The molecular weight excluding hydrogens is 336 g/mol. The predicted octanol–water partition coefficient (Wildman–Crippen LogP) is 3.02. The van der Waals surface area contributed by atoms with Crippen LogP contribution in [0, 0.1) is 0 Å². The van der Waals surface area contributed by atoms with E-state index in [0.717, 1.165) is 17.7 Å². The molecule has 25 heavy (non-hydrogen) atoms. The lowest BCUT2D eigenvalue weighted by atomic mass is 10.2. The van der Waals surface area contributed by atoms with Gasteiger partial charge in [0, 0.05) is 25.2 Å². The summed E-state index contributed by atoms with van der Waals surface area (Å²) in [6.07, 6.45) is 0. The van der Waals surface area contributed by atoms with Gasteiger partial charge in [0.25, 0.3) is 0 Å². The minimum atomic E-state index is -3.57. The van der Waals surface area contributed by atoms with Crippen molar-refractivity contribution in [3.8, 4) is 5.75 Å². The lowest BCUT2D eigenvalue weighted by Gasteiger charge is -2.21. The summed E-state index contributed by atoms with van der Waals surface area (Å²) in [6, 6.07) is 14.6. The molecule has 2 aromatic rings. The molecule has 2 rings (SSSR count). The van der Waals surface area contributed by atoms with Crippen LogP contribution in [0.25, 0.3) is 0 Å². The van der Waals surface area contributed by atoms with E-state index in [1.165, 1.54) is 4.31 Å². The number of nitrogens with zero attached hydrogens (tertiary/aromatic N) is 1. The molecule has 2 aromatic carbocycles. The molecule has 1 N–H and O–H groups in total. The van der Waals surface area contributed by atoms with Crippen LogP contribution in [0.2, 0.25) is 0 Å². The Hall–Kier alpha value is -1.89. The van der Waals surface area contributed by atoms with E-state index in [2.05, 4.69) is 5.32 Å². The van der Waals surface area contributed by atoms with Gasteiger partial charge in [-0.05, 0) is 30.3 Å². The second-order valence-electron chi connectivity index (χ2n) is 5.67. The Balaban J connectivity index is 2.33. The third kappa shape index (κ3) is 4.81. The van der Waals surface area contributed by atoms with Crippen LogP contribution in [-0.4, -0.2) is 32.9 Å². The minimum Gasteiger partial charge on any atom is -0.496 e. The lowest BCUT2D eigenvalue weighted by molar-refractivity contribution is 0.406. The average Bonchev–Trinajstić information content (AvgIpc) is 2.64. The van der Waals surface area contributed by atoms with Crippen molar-refractivity contribution >= 4 is 10.0 Å². The summed E-state index contributed by atoms with van der Waals surface area (Å²) in [4.78, 5) is 0.291. The first-order chi connectivity index (χ1) is 12.0. The Bertz CT molecular complexity index is 777. The summed E-state index contributed by atoms with van der Waals surface area (Å²) < 4.78 is 32.9. The summed E-state index contributed by atoms with van der Waals surface area (Å²) >= 11 is 0. The molecule has 0 aliphatic carbocycles. The molecule has 6 heteroatoms. The summed E-state index contributed by atoms with van der Waals surface area (Å²) in [6.45, 7) is 5.98. The zero-order valence-corrected chi connectivity index (χ0v) is 15.8. The number of hydrogen-bond donors (Lipinski definition) is 1. The van der Waals surface area contributed by atoms with Gasteiger partial charge in [0.15, 0.2) is 0 Å². The smallest absolute Gasteiger partial charge is 0.243 e. The minimum absolute atomic E-state index is 0.291. The van der Waals surface area contributed by atoms with E-state index in [0.29, 0.717) is 30.3 Å². The van der Waals surface area contributed by atoms with Crippen LogP contribution >= 0.6 is 0 Å². The second kappa shape index (κ2) is 8.99. The molecule has 0 aliphatic rings. The van der Waals surface area contributed by atoms with Crippen LogP contribution in [0.15, 0.2) is 53.4 Å². The van der Waals surface area contributed by atoms with E-state index in [1.807, 2.05) is 44.2 Å².